The van der Waals surface area contributed by atoms with E-state index in [9.17, 15) is 22.8 Å². The molecule has 146 valence electrons. The molecule has 2 atom stereocenters. The third-order valence-electron chi connectivity index (χ3n) is 5.35. The number of hydrogen-bond donors (Lipinski definition) is 1. The van der Waals surface area contributed by atoms with Gasteiger partial charge in [0.2, 0.25) is 5.91 Å². The number of benzene rings is 1. The van der Waals surface area contributed by atoms with Crippen LogP contribution in [0.5, 0.6) is 0 Å². The van der Waals surface area contributed by atoms with E-state index in [2.05, 4.69) is 5.32 Å². The zero-order valence-electron chi connectivity index (χ0n) is 15.6. The molecule has 2 saturated heterocycles. The highest BCUT2D eigenvalue weighted by Crippen LogP contribution is 2.29. The number of likely N-dealkylation sites (N-methyl/N-ethyl adjacent to an activating group) is 1. The highest BCUT2D eigenvalue weighted by atomic mass is 32.2. The minimum Gasteiger partial charge on any atom is -0.340 e. The van der Waals surface area contributed by atoms with Crippen molar-refractivity contribution in [3.8, 4) is 0 Å². The number of carbonyl (C=O) groups is 3. The number of imide groups is 1. The van der Waals surface area contributed by atoms with Crippen molar-refractivity contribution in [3.63, 3.8) is 0 Å². The van der Waals surface area contributed by atoms with Crippen molar-refractivity contribution in [2.24, 2.45) is 0 Å². The van der Waals surface area contributed by atoms with Gasteiger partial charge in [0.1, 0.15) is 12.1 Å². The van der Waals surface area contributed by atoms with Gasteiger partial charge in [-0.2, -0.15) is 0 Å². The Kier molecular flexibility index (Phi) is 4.75. The molecule has 1 aromatic carbocycles. The predicted octanol–water partition coefficient (Wildman–Crippen LogP) is 0.408. The summed E-state index contributed by atoms with van der Waals surface area (Å²) < 4.78 is 23.2. The molecule has 0 unspecified atom stereocenters. The number of sulfone groups is 1. The summed E-state index contributed by atoms with van der Waals surface area (Å²) in [6.07, 6.45) is 0.367. The van der Waals surface area contributed by atoms with Gasteiger partial charge in [-0.3, -0.25) is 14.5 Å². The molecule has 2 aliphatic rings. The molecule has 4 amide bonds. The van der Waals surface area contributed by atoms with Gasteiger partial charge in [0.25, 0.3) is 5.91 Å². The van der Waals surface area contributed by atoms with Crippen molar-refractivity contribution < 1.29 is 22.8 Å². The molecule has 1 aromatic rings. The van der Waals surface area contributed by atoms with Gasteiger partial charge < -0.3 is 10.2 Å². The second kappa shape index (κ2) is 6.63. The maximum Gasteiger partial charge on any atom is 0.325 e. The molecule has 0 radical (unpaired) electrons. The lowest BCUT2D eigenvalue weighted by Gasteiger charge is -2.26. The minimum absolute atomic E-state index is 0.0455. The second-order valence-corrected chi connectivity index (χ2v) is 9.60. The van der Waals surface area contributed by atoms with Crippen molar-refractivity contribution in [1.29, 1.82) is 0 Å². The minimum atomic E-state index is -3.13. The van der Waals surface area contributed by atoms with E-state index in [4.69, 9.17) is 0 Å². The average molecular weight is 393 g/mol. The standard InChI is InChI=1S/C18H23N3O5S/c1-12-4-6-13(7-5-12)18(2)16(23)21(17(24)19-18)10-15(22)20(3)14-8-9-27(25,26)11-14/h4-7,14H,8-11H2,1-3H3,(H,19,24)/t14-,18+/m1/s1. The first-order valence-electron chi connectivity index (χ1n) is 8.71. The lowest BCUT2D eigenvalue weighted by molar-refractivity contribution is -0.139. The molecule has 2 fully saturated rings. The van der Waals surface area contributed by atoms with Crippen molar-refractivity contribution in [3.05, 3.63) is 35.4 Å². The number of aryl methyl sites for hydroxylation is 1. The summed E-state index contributed by atoms with van der Waals surface area (Å²) in [5.74, 6) is -1.01. The number of amides is 4. The SMILES string of the molecule is Cc1ccc([C@]2(C)NC(=O)N(CC(=O)N(C)[C@@H]3CCS(=O)(=O)C3)C2=O)cc1. The Hall–Kier alpha value is -2.42. The maximum absolute atomic E-state index is 12.9. The highest BCUT2D eigenvalue weighted by Gasteiger charge is 2.49. The van der Waals surface area contributed by atoms with Crippen LogP contribution in [0.25, 0.3) is 0 Å². The predicted molar refractivity (Wildman–Crippen MR) is 98.6 cm³/mol. The van der Waals surface area contributed by atoms with Gasteiger partial charge in [-0.15, -0.1) is 0 Å². The summed E-state index contributed by atoms with van der Waals surface area (Å²) >= 11 is 0. The van der Waals surface area contributed by atoms with Crippen LogP contribution in [-0.2, 0) is 25.0 Å². The Morgan fingerprint density at radius 1 is 1.30 bits per heavy atom. The van der Waals surface area contributed by atoms with Gasteiger partial charge in [0.05, 0.1) is 11.5 Å². The Labute approximate surface area is 158 Å². The number of urea groups is 1. The van der Waals surface area contributed by atoms with Crippen molar-refractivity contribution >= 4 is 27.7 Å². The van der Waals surface area contributed by atoms with E-state index in [0.29, 0.717) is 12.0 Å². The third kappa shape index (κ3) is 3.55. The highest BCUT2D eigenvalue weighted by molar-refractivity contribution is 7.91. The molecular formula is C18H23N3O5S. The van der Waals surface area contributed by atoms with Gasteiger partial charge in [0, 0.05) is 13.1 Å². The van der Waals surface area contributed by atoms with Crippen LogP contribution in [0.3, 0.4) is 0 Å². The van der Waals surface area contributed by atoms with Gasteiger partial charge in [-0.1, -0.05) is 29.8 Å². The summed E-state index contributed by atoms with van der Waals surface area (Å²) in [6, 6.07) is 6.18. The summed E-state index contributed by atoms with van der Waals surface area (Å²) in [6.45, 7) is 3.11. The van der Waals surface area contributed by atoms with Gasteiger partial charge in [-0.25, -0.2) is 13.2 Å². The summed E-state index contributed by atoms with van der Waals surface area (Å²) in [5, 5.41) is 2.66. The monoisotopic (exact) mass is 393 g/mol. The molecule has 0 aliphatic carbocycles. The molecule has 0 saturated carbocycles. The van der Waals surface area contributed by atoms with E-state index in [1.54, 1.807) is 19.1 Å². The van der Waals surface area contributed by atoms with Crippen LogP contribution < -0.4 is 5.32 Å². The van der Waals surface area contributed by atoms with Crippen LogP contribution in [0.1, 0.15) is 24.5 Å². The normalized spacial score (nSPS) is 26.9. The van der Waals surface area contributed by atoms with Crippen molar-refractivity contribution in [2.45, 2.75) is 31.8 Å². The maximum atomic E-state index is 12.9. The van der Waals surface area contributed by atoms with Crippen molar-refractivity contribution in [2.75, 3.05) is 25.1 Å². The van der Waals surface area contributed by atoms with Crippen molar-refractivity contribution in [1.82, 2.24) is 15.1 Å². The fourth-order valence-corrected chi connectivity index (χ4v) is 5.23. The van der Waals surface area contributed by atoms with Crippen LogP contribution in [0.15, 0.2) is 24.3 Å². The lowest BCUT2D eigenvalue weighted by Crippen LogP contribution is -2.46. The molecule has 2 aliphatic heterocycles. The Bertz CT molecular complexity index is 896. The fourth-order valence-electron chi connectivity index (χ4n) is 3.45. The zero-order valence-corrected chi connectivity index (χ0v) is 16.4. The molecule has 8 nitrogen and oxygen atoms in total. The van der Waals surface area contributed by atoms with Gasteiger partial charge >= 0.3 is 6.03 Å². The first-order chi connectivity index (χ1) is 12.5. The fraction of sp³-hybridized carbons (Fsp3) is 0.500. The first kappa shape index (κ1) is 19.3. The molecule has 1 N–H and O–H groups in total. The van der Waals surface area contributed by atoms with E-state index in [-0.39, 0.29) is 11.5 Å². The Balaban J connectivity index is 1.74. The van der Waals surface area contributed by atoms with Gasteiger partial charge in [0.15, 0.2) is 9.84 Å². The summed E-state index contributed by atoms with van der Waals surface area (Å²) in [4.78, 5) is 40.0. The quantitative estimate of drug-likeness (QED) is 0.746. The summed E-state index contributed by atoms with van der Waals surface area (Å²) in [7, 11) is -1.63. The van der Waals surface area contributed by atoms with E-state index in [1.165, 1.54) is 11.9 Å². The third-order valence-corrected chi connectivity index (χ3v) is 7.10. The molecule has 27 heavy (non-hydrogen) atoms. The molecular weight excluding hydrogens is 370 g/mol. The molecule has 9 heteroatoms. The van der Waals surface area contributed by atoms with Crippen LogP contribution in [0.4, 0.5) is 4.79 Å². The smallest absolute Gasteiger partial charge is 0.325 e. The topological polar surface area (TPSA) is 104 Å². The number of nitrogens with one attached hydrogen (secondary N) is 1. The molecule has 0 spiro atoms. The lowest BCUT2D eigenvalue weighted by atomic mass is 9.91. The second-order valence-electron chi connectivity index (χ2n) is 7.37. The van der Waals surface area contributed by atoms with Crippen LogP contribution in [0, 0.1) is 6.92 Å². The zero-order chi connectivity index (χ0) is 20.0. The van der Waals surface area contributed by atoms with E-state index >= 15 is 0 Å². The first-order valence-corrected chi connectivity index (χ1v) is 10.5. The molecule has 0 bridgehead atoms. The Morgan fingerprint density at radius 3 is 2.48 bits per heavy atom. The van der Waals surface area contributed by atoms with E-state index < -0.39 is 45.8 Å². The number of rotatable bonds is 4. The average Bonchev–Trinajstić information content (AvgIpc) is 3.07. The van der Waals surface area contributed by atoms with Crippen LogP contribution in [-0.4, -0.2) is 67.2 Å². The van der Waals surface area contributed by atoms with E-state index in [1.807, 2.05) is 19.1 Å². The molecule has 3 rings (SSSR count). The largest absolute Gasteiger partial charge is 0.340 e. The number of nitrogens with zero attached hydrogens (tertiary/aromatic N) is 2. The Morgan fingerprint density at radius 2 is 1.93 bits per heavy atom. The van der Waals surface area contributed by atoms with Crippen LogP contribution >= 0.6 is 0 Å². The number of carbonyl (C=O) groups excluding carboxylic acids is 3. The molecule has 0 aromatic heterocycles. The van der Waals surface area contributed by atoms with Crippen LogP contribution in [0.2, 0.25) is 0 Å². The summed E-state index contributed by atoms with van der Waals surface area (Å²) in [5.41, 5.74) is 0.427. The van der Waals surface area contributed by atoms with E-state index in [0.717, 1.165) is 10.5 Å². The molecule has 2 heterocycles. The number of hydrogen-bond acceptors (Lipinski definition) is 5. The van der Waals surface area contributed by atoms with Gasteiger partial charge in [-0.05, 0) is 25.8 Å².